The molecule has 0 spiro atoms. The topological polar surface area (TPSA) is 29.1 Å². The predicted octanol–water partition coefficient (Wildman–Crippen LogP) is 3.86. The standard InChI is InChI=1S/C11H10Cl3NO/c1-10(6-11(10,13)14)9(16)15-8-5-3-2-4-7(8)12/h2-5H,6H2,1H3,(H,15,16). The van der Waals surface area contributed by atoms with Crippen LogP contribution in [0.2, 0.25) is 5.02 Å². The van der Waals surface area contributed by atoms with E-state index in [9.17, 15) is 4.79 Å². The Kier molecular flexibility index (Phi) is 2.85. The molecule has 1 fully saturated rings. The average Bonchev–Trinajstić information content (AvgIpc) is 2.71. The molecule has 1 atom stereocenters. The highest BCUT2D eigenvalue weighted by Gasteiger charge is 2.67. The van der Waals surface area contributed by atoms with Crippen LogP contribution >= 0.6 is 34.8 Å². The first-order valence-electron chi connectivity index (χ1n) is 4.81. The zero-order chi connectivity index (χ0) is 12.0. The van der Waals surface area contributed by atoms with Crippen LogP contribution in [0.25, 0.3) is 0 Å². The molecule has 16 heavy (non-hydrogen) atoms. The Bertz CT molecular complexity index is 447. The third kappa shape index (κ3) is 1.90. The van der Waals surface area contributed by atoms with Crippen molar-refractivity contribution >= 4 is 46.4 Å². The molecular formula is C11H10Cl3NO. The Morgan fingerprint density at radius 1 is 1.38 bits per heavy atom. The molecule has 0 bridgehead atoms. The summed E-state index contributed by atoms with van der Waals surface area (Å²) in [6.07, 6.45) is 0.458. The van der Waals surface area contributed by atoms with E-state index >= 15 is 0 Å². The number of carbonyl (C=O) groups is 1. The lowest BCUT2D eigenvalue weighted by molar-refractivity contribution is -0.120. The van der Waals surface area contributed by atoms with Crippen LogP contribution in [0, 0.1) is 5.41 Å². The highest BCUT2D eigenvalue weighted by molar-refractivity contribution is 6.53. The number of alkyl halides is 2. The first-order chi connectivity index (χ1) is 7.37. The third-order valence-corrected chi connectivity index (χ3v) is 4.31. The van der Waals surface area contributed by atoms with Gasteiger partial charge in [-0.3, -0.25) is 4.79 Å². The highest BCUT2D eigenvalue weighted by atomic mass is 35.5. The summed E-state index contributed by atoms with van der Waals surface area (Å²) in [6.45, 7) is 1.74. The minimum Gasteiger partial charge on any atom is -0.324 e. The number of carbonyl (C=O) groups excluding carboxylic acids is 1. The molecule has 1 aromatic carbocycles. The van der Waals surface area contributed by atoms with Crippen LogP contribution in [0.3, 0.4) is 0 Å². The Morgan fingerprint density at radius 3 is 2.44 bits per heavy atom. The van der Waals surface area contributed by atoms with E-state index < -0.39 is 9.75 Å². The molecule has 5 heteroatoms. The third-order valence-electron chi connectivity index (χ3n) is 2.88. The summed E-state index contributed by atoms with van der Waals surface area (Å²) in [6, 6.07) is 7.03. The molecule has 2 nitrogen and oxygen atoms in total. The molecule has 0 heterocycles. The van der Waals surface area contributed by atoms with Crippen molar-refractivity contribution in [3.8, 4) is 0 Å². The van der Waals surface area contributed by atoms with E-state index in [0.717, 1.165) is 0 Å². The Morgan fingerprint density at radius 2 is 1.94 bits per heavy atom. The second kappa shape index (κ2) is 3.80. The van der Waals surface area contributed by atoms with Gasteiger partial charge in [-0.15, -0.1) is 23.2 Å². The minimum atomic E-state index is -0.960. The number of hydrogen-bond donors (Lipinski definition) is 1. The van der Waals surface area contributed by atoms with Crippen LogP contribution in [0.1, 0.15) is 13.3 Å². The van der Waals surface area contributed by atoms with Gasteiger partial charge in [0.15, 0.2) is 0 Å². The maximum Gasteiger partial charge on any atom is 0.233 e. The average molecular weight is 279 g/mol. The van der Waals surface area contributed by atoms with Crippen molar-refractivity contribution < 1.29 is 4.79 Å². The van der Waals surface area contributed by atoms with E-state index in [0.29, 0.717) is 17.1 Å². The first kappa shape index (κ1) is 12.0. The molecule has 0 saturated heterocycles. The van der Waals surface area contributed by atoms with E-state index in [-0.39, 0.29) is 5.91 Å². The van der Waals surface area contributed by atoms with E-state index in [4.69, 9.17) is 34.8 Å². The SMILES string of the molecule is CC1(C(=O)Nc2ccccc2Cl)CC1(Cl)Cl. The molecule has 1 unspecified atom stereocenters. The number of hydrogen-bond acceptors (Lipinski definition) is 1. The van der Waals surface area contributed by atoms with E-state index in [1.807, 2.05) is 0 Å². The number of para-hydroxylation sites is 1. The number of nitrogens with one attached hydrogen (secondary N) is 1. The molecule has 2 rings (SSSR count). The Balaban J connectivity index is 2.13. The van der Waals surface area contributed by atoms with Gasteiger partial charge in [-0.1, -0.05) is 23.7 Å². The van der Waals surface area contributed by atoms with Crippen molar-refractivity contribution in [2.75, 3.05) is 5.32 Å². The fourth-order valence-corrected chi connectivity index (χ4v) is 2.36. The quantitative estimate of drug-likeness (QED) is 0.818. The summed E-state index contributed by atoms with van der Waals surface area (Å²) in [4.78, 5) is 11.9. The predicted molar refractivity (Wildman–Crippen MR) is 67.2 cm³/mol. The summed E-state index contributed by atoms with van der Waals surface area (Å²) < 4.78 is -0.960. The van der Waals surface area contributed by atoms with Gasteiger partial charge in [-0.25, -0.2) is 0 Å². The summed E-state index contributed by atoms with van der Waals surface area (Å²) in [7, 11) is 0. The fourth-order valence-electron chi connectivity index (χ4n) is 1.47. The van der Waals surface area contributed by atoms with Gasteiger partial charge in [0.1, 0.15) is 4.33 Å². The maximum atomic E-state index is 11.9. The first-order valence-corrected chi connectivity index (χ1v) is 5.94. The molecule has 1 aliphatic carbocycles. The van der Waals surface area contributed by atoms with Gasteiger partial charge >= 0.3 is 0 Å². The molecule has 1 aromatic rings. The van der Waals surface area contributed by atoms with E-state index in [1.54, 1.807) is 31.2 Å². The fraction of sp³-hybridized carbons (Fsp3) is 0.364. The van der Waals surface area contributed by atoms with Crippen LogP contribution < -0.4 is 5.32 Å². The van der Waals surface area contributed by atoms with Crippen molar-refractivity contribution in [1.29, 1.82) is 0 Å². The molecule has 0 aliphatic heterocycles. The van der Waals surface area contributed by atoms with E-state index in [1.165, 1.54) is 0 Å². The van der Waals surface area contributed by atoms with Gasteiger partial charge in [-0.05, 0) is 25.5 Å². The van der Waals surface area contributed by atoms with Gasteiger partial charge in [0.05, 0.1) is 16.1 Å². The van der Waals surface area contributed by atoms with E-state index in [2.05, 4.69) is 5.32 Å². The van der Waals surface area contributed by atoms with Gasteiger partial charge in [0, 0.05) is 0 Å². The van der Waals surface area contributed by atoms with Crippen molar-refractivity contribution in [3.05, 3.63) is 29.3 Å². The van der Waals surface area contributed by atoms with Crippen molar-refractivity contribution in [2.24, 2.45) is 5.41 Å². The smallest absolute Gasteiger partial charge is 0.233 e. The van der Waals surface area contributed by atoms with Gasteiger partial charge < -0.3 is 5.32 Å². The van der Waals surface area contributed by atoms with Crippen LogP contribution in [0.4, 0.5) is 5.69 Å². The summed E-state index contributed by atoms with van der Waals surface area (Å²) >= 11 is 17.8. The van der Waals surface area contributed by atoms with Gasteiger partial charge in [-0.2, -0.15) is 0 Å². The zero-order valence-corrected chi connectivity index (χ0v) is 10.8. The molecule has 1 N–H and O–H groups in total. The van der Waals surface area contributed by atoms with Crippen molar-refractivity contribution in [1.82, 2.24) is 0 Å². The summed E-state index contributed by atoms with van der Waals surface area (Å²) in [5, 5.41) is 3.22. The molecule has 0 radical (unpaired) electrons. The lowest BCUT2D eigenvalue weighted by Crippen LogP contribution is -2.26. The van der Waals surface area contributed by atoms with Crippen LogP contribution in [-0.4, -0.2) is 10.2 Å². The molecule has 0 aromatic heterocycles. The number of amides is 1. The minimum absolute atomic E-state index is 0.203. The second-order valence-electron chi connectivity index (χ2n) is 4.15. The molecule has 86 valence electrons. The van der Waals surface area contributed by atoms with Gasteiger partial charge in [0.25, 0.3) is 0 Å². The van der Waals surface area contributed by atoms with Gasteiger partial charge in [0.2, 0.25) is 5.91 Å². The monoisotopic (exact) mass is 277 g/mol. The number of anilines is 1. The van der Waals surface area contributed by atoms with Crippen LogP contribution in [-0.2, 0) is 4.79 Å². The number of rotatable bonds is 2. The zero-order valence-electron chi connectivity index (χ0n) is 8.56. The normalized spacial score (nSPS) is 26.2. The van der Waals surface area contributed by atoms with Crippen LogP contribution in [0.5, 0.6) is 0 Å². The highest BCUT2D eigenvalue weighted by Crippen LogP contribution is 2.64. The number of benzene rings is 1. The molecule has 1 aliphatic rings. The maximum absolute atomic E-state index is 11.9. The number of halogens is 3. The molecular weight excluding hydrogens is 268 g/mol. The largest absolute Gasteiger partial charge is 0.324 e. The molecule has 1 amide bonds. The molecule has 1 saturated carbocycles. The van der Waals surface area contributed by atoms with Crippen molar-refractivity contribution in [3.63, 3.8) is 0 Å². The lowest BCUT2D eigenvalue weighted by Gasteiger charge is -2.13. The Hall–Kier alpha value is -0.440. The second-order valence-corrected chi connectivity index (χ2v) is 6.04. The Labute approximate surface area is 109 Å². The van der Waals surface area contributed by atoms with Crippen LogP contribution in [0.15, 0.2) is 24.3 Å². The summed E-state index contributed by atoms with van der Waals surface area (Å²) in [5.41, 5.74) is -0.152. The van der Waals surface area contributed by atoms with Crippen molar-refractivity contribution in [2.45, 2.75) is 17.7 Å². The lowest BCUT2D eigenvalue weighted by atomic mass is 10.1. The summed E-state index contributed by atoms with van der Waals surface area (Å²) in [5.74, 6) is -0.203.